The van der Waals surface area contributed by atoms with E-state index in [2.05, 4.69) is 10.6 Å². The van der Waals surface area contributed by atoms with Crippen LogP contribution in [0.3, 0.4) is 0 Å². The zero-order chi connectivity index (χ0) is 15.9. The molecule has 2 rings (SSSR count). The lowest BCUT2D eigenvalue weighted by atomic mass is 10.1. The fraction of sp³-hybridized carbons (Fsp3) is 0.235. The third-order valence-corrected chi connectivity index (χ3v) is 3.71. The van der Waals surface area contributed by atoms with Crippen molar-refractivity contribution in [2.45, 2.75) is 19.5 Å². The number of rotatable bonds is 5. The topological polar surface area (TPSA) is 61.4 Å². The van der Waals surface area contributed by atoms with Crippen molar-refractivity contribution in [2.24, 2.45) is 0 Å². The van der Waals surface area contributed by atoms with Gasteiger partial charge in [-0.15, -0.1) is 0 Å². The number of halogens is 1. The molecule has 0 saturated heterocycles. The molecule has 1 atom stereocenters. The van der Waals surface area contributed by atoms with E-state index in [-0.39, 0.29) is 12.6 Å². The lowest BCUT2D eigenvalue weighted by Crippen LogP contribution is -2.39. The molecular formula is C17H19ClN2O2. The molecule has 2 aromatic rings. The van der Waals surface area contributed by atoms with E-state index >= 15 is 0 Å². The monoisotopic (exact) mass is 318 g/mol. The normalized spacial score (nSPS) is 11.8. The first-order valence-corrected chi connectivity index (χ1v) is 7.43. The van der Waals surface area contributed by atoms with E-state index in [4.69, 9.17) is 11.6 Å². The molecule has 0 bridgehead atoms. The molecule has 22 heavy (non-hydrogen) atoms. The Morgan fingerprint density at radius 3 is 2.50 bits per heavy atom. The smallest absolute Gasteiger partial charge is 0.315 e. The van der Waals surface area contributed by atoms with Crippen LogP contribution in [-0.2, 0) is 6.54 Å². The van der Waals surface area contributed by atoms with Crippen LogP contribution in [0.4, 0.5) is 4.79 Å². The molecule has 116 valence electrons. The highest BCUT2D eigenvalue weighted by atomic mass is 35.5. The third-order valence-electron chi connectivity index (χ3n) is 3.46. The molecule has 5 heteroatoms. The van der Waals surface area contributed by atoms with Gasteiger partial charge in [-0.25, -0.2) is 4.79 Å². The lowest BCUT2D eigenvalue weighted by molar-refractivity contribution is 0.216. The van der Waals surface area contributed by atoms with E-state index in [1.54, 1.807) is 24.3 Å². The maximum absolute atomic E-state index is 12.0. The van der Waals surface area contributed by atoms with Gasteiger partial charge in [-0.1, -0.05) is 48.0 Å². The van der Waals surface area contributed by atoms with Crippen LogP contribution in [0, 0.1) is 6.92 Å². The Kier molecular flexibility index (Phi) is 5.81. The molecular weight excluding hydrogens is 300 g/mol. The van der Waals surface area contributed by atoms with Crippen molar-refractivity contribution < 1.29 is 9.90 Å². The fourth-order valence-electron chi connectivity index (χ4n) is 2.12. The van der Waals surface area contributed by atoms with Crippen LogP contribution in [-0.4, -0.2) is 17.7 Å². The molecule has 0 saturated carbocycles. The van der Waals surface area contributed by atoms with E-state index < -0.39 is 6.04 Å². The molecule has 4 nitrogen and oxygen atoms in total. The van der Waals surface area contributed by atoms with Gasteiger partial charge in [0.15, 0.2) is 0 Å². The molecule has 0 fully saturated rings. The molecule has 0 aliphatic rings. The van der Waals surface area contributed by atoms with Gasteiger partial charge in [0.1, 0.15) is 0 Å². The first-order valence-electron chi connectivity index (χ1n) is 7.05. The molecule has 0 aromatic heterocycles. The Bertz CT molecular complexity index is 629. The van der Waals surface area contributed by atoms with E-state index in [0.29, 0.717) is 11.6 Å². The second kappa shape index (κ2) is 7.82. The second-order valence-electron chi connectivity index (χ2n) is 5.04. The minimum atomic E-state index is -0.464. The summed E-state index contributed by atoms with van der Waals surface area (Å²) in [6.07, 6.45) is 0. The van der Waals surface area contributed by atoms with Gasteiger partial charge in [0.25, 0.3) is 0 Å². The van der Waals surface area contributed by atoms with Crippen molar-refractivity contribution in [2.75, 3.05) is 6.61 Å². The van der Waals surface area contributed by atoms with E-state index in [1.165, 1.54) is 0 Å². The lowest BCUT2D eigenvalue weighted by Gasteiger charge is -2.17. The number of aliphatic hydroxyl groups is 1. The highest BCUT2D eigenvalue weighted by Crippen LogP contribution is 2.16. The highest BCUT2D eigenvalue weighted by molar-refractivity contribution is 6.30. The Hall–Kier alpha value is -2.04. The zero-order valence-electron chi connectivity index (χ0n) is 12.3. The second-order valence-corrected chi connectivity index (χ2v) is 5.48. The van der Waals surface area contributed by atoms with Crippen LogP contribution in [0.1, 0.15) is 22.7 Å². The van der Waals surface area contributed by atoms with E-state index in [1.807, 2.05) is 31.2 Å². The largest absolute Gasteiger partial charge is 0.394 e. The maximum Gasteiger partial charge on any atom is 0.315 e. The molecule has 0 radical (unpaired) electrons. The Morgan fingerprint density at radius 2 is 1.86 bits per heavy atom. The molecule has 0 heterocycles. The number of aliphatic hydroxyl groups excluding tert-OH is 1. The standard InChI is InChI=1S/C17H19ClN2O2/c1-12-4-2-3-5-14(12)10-19-17(22)20-16(11-21)13-6-8-15(18)9-7-13/h2-9,16,21H,10-11H2,1H3,(H2,19,20,22). The minimum absolute atomic E-state index is 0.181. The quantitative estimate of drug-likeness (QED) is 0.793. The van der Waals surface area contributed by atoms with Gasteiger partial charge in [-0.3, -0.25) is 0 Å². The van der Waals surface area contributed by atoms with Crippen molar-refractivity contribution in [1.29, 1.82) is 0 Å². The first-order chi connectivity index (χ1) is 10.6. The van der Waals surface area contributed by atoms with Crippen LogP contribution in [0.15, 0.2) is 48.5 Å². The first kappa shape index (κ1) is 16.3. The van der Waals surface area contributed by atoms with Gasteiger partial charge >= 0.3 is 6.03 Å². The molecule has 0 aliphatic carbocycles. The molecule has 3 N–H and O–H groups in total. The molecule has 0 aliphatic heterocycles. The van der Waals surface area contributed by atoms with Gasteiger partial charge in [0.05, 0.1) is 12.6 Å². The van der Waals surface area contributed by atoms with Gasteiger partial charge in [0.2, 0.25) is 0 Å². The van der Waals surface area contributed by atoms with E-state index in [0.717, 1.165) is 16.7 Å². The number of nitrogens with one attached hydrogen (secondary N) is 2. The maximum atomic E-state index is 12.0. The summed E-state index contributed by atoms with van der Waals surface area (Å²) in [5, 5.41) is 15.6. The summed E-state index contributed by atoms with van der Waals surface area (Å²) >= 11 is 5.84. The van der Waals surface area contributed by atoms with Gasteiger partial charge in [-0.05, 0) is 35.7 Å². The van der Waals surface area contributed by atoms with Gasteiger partial charge in [0, 0.05) is 11.6 Å². The minimum Gasteiger partial charge on any atom is -0.394 e. The summed E-state index contributed by atoms with van der Waals surface area (Å²) in [5.41, 5.74) is 2.99. The fourth-order valence-corrected chi connectivity index (χ4v) is 2.25. The van der Waals surface area contributed by atoms with Crippen LogP contribution in [0.25, 0.3) is 0 Å². The molecule has 2 amide bonds. The molecule has 0 spiro atoms. The summed E-state index contributed by atoms with van der Waals surface area (Å²) in [4.78, 5) is 12.0. The molecule has 1 unspecified atom stereocenters. The summed E-state index contributed by atoms with van der Waals surface area (Å²) in [5.74, 6) is 0. The van der Waals surface area contributed by atoms with Gasteiger partial charge in [-0.2, -0.15) is 0 Å². The summed E-state index contributed by atoms with van der Waals surface area (Å²) in [7, 11) is 0. The predicted molar refractivity (Wildman–Crippen MR) is 87.8 cm³/mol. The Morgan fingerprint density at radius 1 is 1.18 bits per heavy atom. The van der Waals surface area contributed by atoms with Crippen LogP contribution in [0.5, 0.6) is 0 Å². The average Bonchev–Trinajstić information content (AvgIpc) is 2.53. The Labute approximate surface area is 135 Å². The summed E-state index contributed by atoms with van der Waals surface area (Å²) < 4.78 is 0. The number of hydrogen-bond acceptors (Lipinski definition) is 2. The van der Waals surface area contributed by atoms with Crippen molar-refractivity contribution >= 4 is 17.6 Å². The van der Waals surface area contributed by atoms with Crippen LogP contribution < -0.4 is 10.6 Å². The van der Waals surface area contributed by atoms with Crippen molar-refractivity contribution in [3.05, 3.63) is 70.2 Å². The number of hydrogen-bond donors (Lipinski definition) is 3. The number of carbonyl (C=O) groups is 1. The zero-order valence-corrected chi connectivity index (χ0v) is 13.1. The number of urea groups is 1. The average molecular weight is 319 g/mol. The highest BCUT2D eigenvalue weighted by Gasteiger charge is 2.13. The Balaban J connectivity index is 1.92. The predicted octanol–water partition coefficient (Wildman–Crippen LogP) is 3.18. The number of amides is 2. The van der Waals surface area contributed by atoms with Crippen molar-refractivity contribution in [1.82, 2.24) is 10.6 Å². The summed E-state index contributed by atoms with van der Waals surface area (Å²) in [6, 6.07) is 14.1. The van der Waals surface area contributed by atoms with Gasteiger partial charge < -0.3 is 15.7 Å². The SMILES string of the molecule is Cc1ccccc1CNC(=O)NC(CO)c1ccc(Cl)cc1. The van der Waals surface area contributed by atoms with Crippen molar-refractivity contribution in [3.8, 4) is 0 Å². The van der Waals surface area contributed by atoms with Crippen molar-refractivity contribution in [3.63, 3.8) is 0 Å². The van der Waals surface area contributed by atoms with E-state index in [9.17, 15) is 9.90 Å². The van der Waals surface area contributed by atoms with Crippen LogP contribution in [0.2, 0.25) is 5.02 Å². The number of carbonyl (C=O) groups excluding carboxylic acids is 1. The molecule has 2 aromatic carbocycles. The summed E-state index contributed by atoms with van der Waals surface area (Å²) in [6.45, 7) is 2.26. The number of benzene rings is 2. The van der Waals surface area contributed by atoms with Crippen LogP contribution >= 0.6 is 11.6 Å². The third kappa shape index (κ3) is 4.48. The number of aryl methyl sites for hydroxylation is 1.